The fourth-order valence-electron chi connectivity index (χ4n) is 5.33. The average molecular weight is 489 g/mol. The topological polar surface area (TPSA) is 52.1 Å². The van der Waals surface area contributed by atoms with E-state index in [1.54, 1.807) is 12.4 Å². The van der Waals surface area contributed by atoms with Gasteiger partial charge in [-0.25, -0.2) is 9.97 Å². The molecule has 0 atom stereocenters. The van der Waals surface area contributed by atoms with Crippen LogP contribution < -0.4 is 0 Å². The molecule has 3 aromatic heterocycles. The van der Waals surface area contributed by atoms with Crippen molar-refractivity contribution in [1.29, 1.82) is 0 Å². The maximum Gasteiger partial charge on any atom is 0.246 e. The van der Waals surface area contributed by atoms with Crippen LogP contribution in [0.15, 0.2) is 130 Å². The Labute approximate surface area is 217 Å². The average Bonchev–Trinajstić information content (AvgIpc) is 3.55. The summed E-state index contributed by atoms with van der Waals surface area (Å²) < 4.78 is 11.9. The molecule has 8 rings (SSSR count). The van der Waals surface area contributed by atoms with Crippen molar-refractivity contribution in [2.75, 3.05) is 0 Å². The molecule has 0 saturated carbocycles. The molecule has 0 amide bonds. The Bertz CT molecular complexity index is 2000. The molecule has 0 aliphatic rings. The van der Waals surface area contributed by atoms with Crippen LogP contribution in [0.1, 0.15) is 0 Å². The standard InChI is InChI=1S/C34H20N2O2/c1-2-10-30-27(9-1)28-19-25(11-13-31(28)37-30)23-7-3-5-21(17-23)22-6-4-8-24(18-22)26-12-14-32-29(20-26)33-34(38-32)36-16-15-35-33/h1-20H. The van der Waals surface area contributed by atoms with E-state index in [2.05, 4.69) is 101 Å². The summed E-state index contributed by atoms with van der Waals surface area (Å²) in [6.07, 6.45) is 3.35. The number of benzene rings is 5. The van der Waals surface area contributed by atoms with Crippen LogP contribution in [0.3, 0.4) is 0 Å². The second-order valence-corrected chi connectivity index (χ2v) is 9.49. The van der Waals surface area contributed by atoms with E-state index in [1.165, 1.54) is 16.7 Å². The van der Waals surface area contributed by atoms with Crippen molar-refractivity contribution >= 4 is 44.1 Å². The quantitative estimate of drug-likeness (QED) is 0.249. The van der Waals surface area contributed by atoms with Crippen LogP contribution in [0.5, 0.6) is 0 Å². The Morgan fingerprint density at radius 3 is 1.66 bits per heavy atom. The summed E-state index contributed by atoms with van der Waals surface area (Å²) in [6, 6.07) is 38.2. The molecule has 3 heterocycles. The maximum atomic E-state index is 6.02. The van der Waals surface area contributed by atoms with Crippen LogP contribution in [0.25, 0.3) is 77.5 Å². The van der Waals surface area contributed by atoms with Crippen LogP contribution in [-0.2, 0) is 0 Å². The molecule has 0 saturated heterocycles. The molecule has 0 unspecified atom stereocenters. The zero-order valence-corrected chi connectivity index (χ0v) is 20.3. The van der Waals surface area contributed by atoms with Crippen LogP contribution in [0.4, 0.5) is 0 Å². The highest BCUT2D eigenvalue weighted by atomic mass is 16.3. The minimum Gasteiger partial charge on any atom is -0.456 e. The predicted octanol–water partition coefficient (Wildman–Crippen LogP) is 9.28. The number of furan rings is 2. The molecule has 0 fully saturated rings. The molecule has 38 heavy (non-hydrogen) atoms. The zero-order valence-electron chi connectivity index (χ0n) is 20.3. The molecule has 4 nitrogen and oxygen atoms in total. The van der Waals surface area contributed by atoms with Gasteiger partial charge in [0.1, 0.15) is 22.3 Å². The molecule has 0 bridgehead atoms. The largest absolute Gasteiger partial charge is 0.456 e. The van der Waals surface area contributed by atoms with E-state index < -0.39 is 0 Å². The Morgan fingerprint density at radius 2 is 0.947 bits per heavy atom. The van der Waals surface area contributed by atoms with E-state index in [4.69, 9.17) is 8.83 Å². The molecule has 0 aliphatic carbocycles. The molecule has 5 aromatic carbocycles. The second-order valence-electron chi connectivity index (χ2n) is 9.49. The lowest BCUT2D eigenvalue weighted by molar-refractivity contribution is 0.653. The van der Waals surface area contributed by atoms with Crippen LogP contribution in [0.2, 0.25) is 0 Å². The fraction of sp³-hybridized carbons (Fsp3) is 0. The van der Waals surface area contributed by atoms with Gasteiger partial charge >= 0.3 is 0 Å². The van der Waals surface area contributed by atoms with Crippen molar-refractivity contribution in [2.24, 2.45) is 0 Å². The minimum absolute atomic E-state index is 0.562. The zero-order chi connectivity index (χ0) is 25.1. The minimum atomic E-state index is 0.562. The van der Waals surface area contributed by atoms with E-state index in [1.807, 2.05) is 18.2 Å². The highest BCUT2D eigenvalue weighted by Crippen LogP contribution is 2.35. The van der Waals surface area contributed by atoms with Crippen molar-refractivity contribution < 1.29 is 8.83 Å². The molecule has 0 N–H and O–H groups in total. The fourth-order valence-corrected chi connectivity index (χ4v) is 5.33. The highest BCUT2D eigenvalue weighted by Gasteiger charge is 2.12. The Morgan fingerprint density at radius 1 is 0.395 bits per heavy atom. The predicted molar refractivity (Wildman–Crippen MR) is 153 cm³/mol. The number of aromatic nitrogens is 2. The van der Waals surface area contributed by atoms with Gasteiger partial charge in [-0.3, -0.25) is 0 Å². The number of hydrogen-bond acceptors (Lipinski definition) is 4. The van der Waals surface area contributed by atoms with Gasteiger partial charge in [-0.2, -0.15) is 0 Å². The van der Waals surface area contributed by atoms with Gasteiger partial charge in [0.05, 0.1) is 0 Å². The van der Waals surface area contributed by atoms with Crippen molar-refractivity contribution in [1.82, 2.24) is 9.97 Å². The third kappa shape index (κ3) is 3.31. The first-order chi connectivity index (χ1) is 18.8. The highest BCUT2D eigenvalue weighted by molar-refractivity contribution is 6.06. The summed E-state index contributed by atoms with van der Waals surface area (Å²) in [4.78, 5) is 8.78. The van der Waals surface area contributed by atoms with Crippen LogP contribution in [-0.4, -0.2) is 9.97 Å². The van der Waals surface area contributed by atoms with Crippen LogP contribution in [0, 0.1) is 0 Å². The summed E-state index contributed by atoms with van der Waals surface area (Å²) in [5.74, 6) is 0. The van der Waals surface area contributed by atoms with E-state index in [-0.39, 0.29) is 0 Å². The first kappa shape index (κ1) is 20.9. The third-order valence-electron chi connectivity index (χ3n) is 7.21. The number of hydrogen-bond donors (Lipinski definition) is 0. The van der Waals surface area contributed by atoms with Crippen molar-refractivity contribution in [2.45, 2.75) is 0 Å². The first-order valence-electron chi connectivity index (χ1n) is 12.6. The summed E-state index contributed by atoms with van der Waals surface area (Å²) in [6.45, 7) is 0. The molecule has 0 spiro atoms. The van der Waals surface area contributed by atoms with Gasteiger partial charge in [-0.05, 0) is 75.8 Å². The Balaban J connectivity index is 1.20. The molecule has 0 radical (unpaired) electrons. The molecule has 178 valence electrons. The van der Waals surface area contributed by atoms with Crippen molar-refractivity contribution in [3.8, 4) is 33.4 Å². The van der Waals surface area contributed by atoms with E-state index in [9.17, 15) is 0 Å². The molecular weight excluding hydrogens is 468 g/mol. The first-order valence-corrected chi connectivity index (χ1v) is 12.6. The number of nitrogens with zero attached hydrogens (tertiary/aromatic N) is 2. The molecular formula is C34H20N2O2. The van der Waals surface area contributed by atoms with Gasteiger partial charge in [0, 0.05) is 28.6 Å². The van der Waals surface area contributed by atoms with Crippen molar-refractivity contribution in [3.05, 3.63) is 122 Å². The van der Waals surface area contributed by atoms with Gasteiger partial charge in [-0.1, -0.05) is 66.7 Å². The van der Waals surface area contributed by atoms with Gasteiger partial charge < -0.3 is 8.83 Å². The maximum absolute atomic E-state index is 6.02. The molecule has 0 aliphatic heterocycles. The SMILES string of the molecule is c1cc(-c2cccc(-c3ccc4oc5nccnc5c4c3)c2)cc(-c2ccc3oc4ccccc4c3c2)c1. The van der Waals surface area contributed by atoms with E-state index in [0.717, 1.165) is 55.1 Å². The third-order valence-corrected chi connectivity index (χ3v) is 7.21. The number of rotatable bonds is 3. The van der Waals surface area contributed by atoms with Gasteiger partial charge in [0.25, 0.3) is 0 Å². The van der Waals surface area contributed by atoms with Gasteiger partial charge in [0.15, 0.2) is 0 Å². The molecule has 8 aromatic rings. The Kier molecular flexibility index (Phi) is 4.49. The summed E-state index contributed by atoms with van der Waals surface area (Å²) in [5.41, 5.74) is 10.9. The number of para-hydroxylation sites is 1. The second kappa shape index (κ2) is 8.15. The van der Waals surface area contributed by atoms with E-state index >= 15 is 0 Å². The van der Waals surface area contributed by atoms with Gasteiger partial charge in [0.2, 0.25) is 5.71 Å². The van der Waals surface area contributed by atoms with Crippen LogP contribution >= 0.6 is 0 Å². The summed E-state index contributed by atoms with van der Waals surface area (Å²) >= 11 is 0. The Hall–Kier alpha value is -5.22. The summed E-state index contributed by atoms with van der Waals surface area (Å²) in [5, 5.41) is 3.25. The lowest BCUT2D eigenvalue weighted by Gasteiger charge is -2.09. The lowest BCUT2D eigenvalue weighted by atomic mass is 9.95. The smallest absolute Gasteiger partial charge is 0.246 e. The summed E-state index contributed by atoms with van der Waals surface area (Å²) in [7, 11) is 0. The monoisotopic (exact) mass is 488 g/mol. The number of fused-ring (bicyclic) bond motifs is 6. The normalized spacial score (nSPS) is 11.7. The van der Waals surface area contributed by atoms with Gasteiger partial charge in [-0.15, -0.1) is 0 Å². The van der Waals surface area contributed by atoms with Crippen molar-refractivity contribution in [3.63, 3.8) is 0 Å². The molecule has 4 heteroatoms. The van der Waals surface area contributed by atoms with E-state index in [0.29, 0.717) is 5.71 Å². The lowest BCUT2D eigenvalue weighted by Crippen LogP contribution is -1.84.